The van der Waals surface area contributed by atoms with Gasteiger partial charge < -0.3 is 19.3 Å². The first-order chi connectivity index (χ1) is 25.8. The van der Waals surface area contributed by atoms with Crippen LogP contribution in [0.4, 0.5) is 34.1 Å². The molecule has 0 amide bonds. The Labute approximate surface area is 299 Å². The molecule has 0 N–H and O–H groups in total. The number of ether oxygens (including phenoxy) is 2. The van der Waals surface area contributed by atoms with Crippen LogP contribution in [0, 0.1) is 0 Å². The summed E-state index contributed by atoms with van der Waals surface area (Å²) >= 11 is 0. The Balaban J connectivity index is 1.23. The first kappa shape index (κ1) is 29.5. The van der Waals surface area contributed by atoms with Crippen molar-refractivity contribution in [2.75, 3.05) is 9.80 Å². The van der Waals surface area contributed by atoms with Crippen LogP contribution in [0.25, 0.3) is 33.9 Å². The third kappa shape index (κ3) is 5.07. The minimum Gasteiger partial charge on any atom is -0.453 e. The molecule has 0 saturated carbocycles. The summed E-state index contributed by atoms with van der Waals surface area (Å²) in [6, 6.07) is 47.0. The van der Waals surface area contributed by atoms with Crippen LogP contribution in [0.15, 0.2) is 165 Å². The number of rotatable bonds is 5. The number of nitrogens with zero attached hydrogens (tertiary/aromatic N) is 7. The van der Waals surface area contributed by atoms with E-state index in [1.54, 1.807) is 12.4 Å². The molecule has 0 fully saturated rings. The van der Waals surface area contributed by atoms with Crippen LogP contribution in [-0.4, -0.2) is 24.9 Å². The second-order valence-corrected chi connectivity index (χ2v) is 12.3. The molecule has 4 heterocycles. The van der Waals surface area contributed by atoms with Crippen molar-refractivity contribution in [3.8, 4) is 56.9 Å². The largest absolute Gasteiger partial charge is 0.453 e. The van der Waals surface area contributed by atoms with Crippen LogP contribution in [0.2, 0.25) is 0 Å². The van der Waals surface area contributed by atoms with E-state index in [0.29, 0.717) is 11.6 Å². The molecule has 52 heavy (non-hydrogen) atoms. The zero-order valence-electron chi connectivity index (χ0n) is 27.5. The van der Waals surface area contributed by atoms with Crippen LogP contribution < -0.4 is 19.3 Å². The first-order valence-electron chi connectivity index (χ1n) is 16.8. The summed E-state index contributed by atoms with van der Waals surface area (Å²) < 4.78 is 12.7. The normalized spacial score (nSPS) is 12.5. The lowest BCUT2D eigenvalue weighted by molar-refractivity contribution is 0.476. The summed E-state index contributed by atoms with van der Waals surface area (Å²) in [6.07, 6.45) is 6.57. The number of fused-ring (bicyclic) bond motifs is 4. The van der Waals surface area contributed by atoms with Gasteiger partial charge in [-0.2, -0.15) is 0 Å². The molecule has 9 heteroatoms. The van der Waals surface area contributed by atoms with Gasteiger partial charge in [0, 0.05) is 34.9 Å². The molecule has 0 atom stereocenters. The predicted octanol–water partition coefficient (Wildman–Crippen LogP) is 10.8. The highest BCUT2D eigenvalue weighted by molar-refractivity contribution is 5.92. The summed E-state index contributed by atoms with van der Waals surface area (Å²) in [5, 5.41) is 0. The van der Waals surface area contributed by atoms with Gasteiger partial charge in [0.05, 0.1) is 22.7 Å². The lowest BCUT2D eigenvalue weighted by Crippen LogP contribution is -2.16. The van der Waals surface area contributed by atoms with Gasteiger partial charge in [-0.25, -0.2) is 24.9 Å². The molecule has 8 aromatic rings. The Morgan fingerprint density at radius 3 is 1.15 bits per heavy atom. The Hall–Kier alpha value is -7.39. The Morgan fingerprint density at radius 1 is 0.365 bits per heavy atom. The standard InChI is InChI=1S/C43H27N7O2/c1-5-14-38-34(10-1)49(35-11-2-6-15-39(35)51-38)32-22-28(20-30(24-32)42-45-18-9-19-46-42)29-21-31(43-47-26-44-27-48-43)25-33(23-29)50-36-12-3-7-16-40(36)52-41-17-8-4-13-37(41)50/h1-27H. The summed E-state index contributed by atoms with van der Waals surface area (Å²) in [7, 11) is 0. The van der Waals surface area contributed by atoms with Crippen molar-refractivity contribution >= 4 is 34.1 Å². The molecule has 246 valence electrons. The SMILES string of the molecule is c1cnc(-c2cc(-c3cc(-c4ncncn4)cc(N4c5ccccc5Oc5ccccc54)c3)cc(N3c4ccccc4Oc4ccccc43)c2)nc1. The van der Waals surface area contributed by atoms with Crippen molar-refractivity contribution in [1.29, 1.82) is 0 Å². The van der Waals surface area contributed by atoms with E-state index in [1.165, 1.54) is 12.7 Å². The third-order valence-electron chi connectivity index (χ3n) is 9.13. The Morgan fingerprint density at radius 2 is 0.731 bits per heavy atom. The highest BCUT2D eigenvalue weighted by Crippen LogP contribution is 2.53. The summed E-state index contributed by atoms with van der Waals surface area (Å²) in [4.78, 5) is 27.0. The minimum absolute atomic E-state index is 0.562. The summed E-state index contributed by atoms with van der Waals surface area (Å²) in [5.74, 6) is 4.25. The van der Waals surface area contributed by atoms with Crippen molar-refractivity contribution in [1.82, 2.24) is 24.9 Å². The second kappa shape index (κ2) is 12.2. The van der Waals surface area contributed by atoms with E-state index in [9.17, 15) is 0 Å². The quantitative estimate of drug-likeness (QED) is 0.177. The summed E-state index contributed by atoms with van der Waals surface area (Å²) in [5.41, 5.74) is 9.15. The van der Waals surface area contributed by atoms with E-state index in [2.05, 4.69) is 95.4 Å². The average molecular weight is 674 g/mol. The zero-order valence-corrected chi connectivity index (χ0v) is 27.5. The number of benzene rings is 6. The van der Waals surface area contributed by atoms with Crippen molar-refractivity contribution in [2.24, 2.45) is 0 Å². The maximum Gasteiger partial charge on any atom is 0.162 e. The van der Waals surface area contributed by atoms with Gasteiger partial charge in [0.15, 0.2) is 34.6 Å². The number of hydrogen-bond donors (Lipinski definition) is 0. The topological polar surface area (TPSA) is 89.4 Å². The van der Waals surface area contributed by atoms with Gasteiger partial charge in [0.1, 0.15) is 12.7 Å². The van der Waals surface area contributed by atoms with Gasteiger partial charge in [0.2, 0.25) is 0 Å². The molecule has 2 aliphatic rings. The van der Waals surface area contributed by atoms with Crippen LogP contribution in [-0.2, 0) is 0 Å². The van der Waals surface area contributed by atoms with Crippen LogP contribution in [0.3, 0.4) is 0 Å². The second-order valence-electron chi connectivity index (χ2n) is 12.3. The predicted molar refractivity (Wildman–Crippen MR) is 201 cm³/mol. The van der Waals surface area contributed by atoms with E-state index < -0.39 is 0 Å². The molecule has 6 aromatic carbocycles. The lowest BCUT2D eigenvalue weighted by atomic mass is 9.97. The maximum absolute atomic E-state index is 6.36. The maximum atomic E-state index is 6.36. The van der Waals surface area contributed by atoms with E-state index in [4.69, 9.17) is 9.47 Å². The highest BCUT2D eigenvalue weighted by atomic mass is 16.5. The average Bonchev–Trinajstić information content (AvgIpc) is 3.22. The van der Waals surface area contributed by atoms with Crippen molar-refractivity contribution in [3.63, 3.8) is 0 Å². The van der Waals surface area contributed by atoms with E-state index >= 15 is 0 Å². The minimum atomic E-state index is 0.562. The van der Waals surface area contributed by atoms with Gasteiger partial charge in [0.25, 0.3) is 0 Å². The molecule has 9 nitrogen and oxygen atoms in total. The molecule has 10 rings (SSSR count). The monoisotopic (exact) mass is 673 g/mol. The zero-order chi connectivity index (χ0) is 34.4. The third-order valence-corrected chi connectivity index (χ3v) is 9.13. The first-order valence-corrected chi connectivity index (χ1v) is 16.8. The molecule has 0 spiro atoms. The van der Waals surface area contributed by atoms with E-state index in [1.807, 2.05) is 78.9 Å². The fourth-order valence-electron chi connectivity index (χ4n) is 6.87. The van der Waals surface area contributed by atoms with Gasteiger partial charge in [-0.3, -0.25) is 0 Å². The Kier molecular flexibility index (Phi) is 6.92. The van der Waals surface area contributed by atoms with Gasteiger partial charge in [-0.1, -0.05) is 48.5 Å². The number of hydrogen-bond acceptors (Lipinski definition) is 9. The van der Waals surface area contributed by atoms with Crippen LogP contribution >= 0.6 is 0 Å². The molecular weight excluding hydrogens is 647 g/mol. The van der Waals surface area contributed by atoms with Crippen molar-refractivity contribution in [2.45, 2.75) is 0 Å². The van der Waals surface area contributed by atoms with Crippen molar-refractivity contribution in [3.05, 3.63) is 165 Å². The number of anilines is 6. The smallest absolute Gasteiger partial charge is 0.162 e. The molecule has 0 saturated heterocycles. The summed E-state index contributed by atoms with van der Waals surface area (Å²) in [6.45, 7) is 0. The fraction of sp³-hybridized carbons (Fsp3) is 0. The van der Waals surface area contributed by atoms with Gasteiger partial charge >= 0.3 is 0 Å². The molecule has 2 aliphatic heterocycles. The Bertz CT molecular complexity index is 2340. The van der Waals surface area contributed by atoms with E-state index in [0.717, 1.165) is 79.4 Å². The lowest BCUT2D eigenvalue weighted by Gasteiger charge is -2.34. The molecule has 0 unspecified atom stereocenters. The van der Waals surface area contributed by atoms with Gasteiger partial charge in [-0.15, -0.1) is 0 Å². The number of para-hydroxylation sites is 8. The molecule has 0 aliphatic carbocycles. The fourth-order valence-corrected chi connectivity index (χ4v) is 6.87. The molecule has 0 bridgehead atoms. The van der Waals surface area contributed by atoms with E-state index in [-0.39, 0.29) is 0 Å². The number of aromatic nitrogens is 5. The highest BCUT2D eigenvalue weighted by Gasteiger charge is 2.28. The van der Waals surface area contributed by atoms with Crippen LogP contribution in [0.5, 0.6) is 23.0 Å². The molecule has 2 aromatic heterocycles. The molecular formula is C43H27N7O2. The van der Waals surface area contributed by atoms with Gasteiger partial charge in [-0.05, 0) is 102 Å². The van der Waals surface area contributed by atoms with Crippen LogP contribution in [0.1, 0.15) is 0 Å². The molecule has 0 radical (unpaired) electrons. The van der Waals surface area contributed by atoms with Crippen molar-refractivity contribution < 1.29 is 9.47 Å².